The van der Waals surface area contributed by atoms with E-state index in [0.29, 0.717) is 12.0 Å². The van der Waals surface area contributed by atoms with Gasteiger partial charge in [-0.05, 0) is 25.7 Å². The normalized spacial score (nSPS) is 19.4. The summed E-state index contributed by atoms with van der Waals surface area (Å²) in [4.78, 5) is 22.7. The molecule has 0 radical (unpaired) electrons. The topological polar surface area (TPSA) is 70.2 Å². The van der Waals surface area contributed by atoms with Gasteiger partial charge < -0.3 is 15.5 Å². The summed E-state index contributed by atoms with van der Waals surface area (Å²) in [5.74, 6) is 3.49. The van der Waals surface area contributed by atoms with E-state index in [1.165, 1.54) is 12.8 Å². The second-order valence-corrected chi connectivity index (χ2v) is 5.96. The molecule has 6 nitrogen and oxygen atoms in total. The fraction of sp³-hybridized carbons (Fsp3) is 0.667. The van der Waals surface area contributed by atoms with E-state index in [0.717, 1.165) is 43.4 Å². The Morgan fingerprint density at radius 3 is 2.52 bits per heavy atom. The maximum Gasteiger partial charge on any atom is 0.217 e. The van der Waals surface area contributed by atoms with Gasteiger partial charge in [0.15, 0.2) is 0 Å². The summed E-state index contributed by atoms with van der Waals surface area (Å²) in [5, 5.41) is 6.13. The van der Waals surface area contributed by atoms with E-state index >= 15 is 0 Å². The standard InChI is InChI=1S/C15H23N5O/c1-10(21)17-12-5-7-20(8-6-12)14-9-13(16-2)18-15(19-14)11-3-4-11/h9,11-12H,3-8H2,1-2H3,(H,17,21)(H,16,18,19). The highest BCUT2D eigenvalue weighted by molar-refractivity contribution is 5.73. The number of amides is 1. The SMILES string of the molecule is CNc1cc(N2CCC(NC(C)=O)CC2)nc(C2CC2)n1. The molecule has 1 saturated heterocycles. The van der Waals surface area contributed by atoms with E-state index < -0.39 is 0 Å². The van der Waals surface area contributed by atoms with Crippen LogP contribution in [-0.2, 0) is 4.79 Å². The Labute approximate surface area is 125 Å². The predicted molar refractivity (Wildman–Crippen MR) is 82.6 cm³/mol. The van der Waals surface area contributed by atoms with Gasteiger partial charge in [0, 0.05) is 45.1 Å². The molecule has 1 saturated carbocycles. The molecule has 0 unspecified atom stereocenters. The molecule has 1 amide bonds. The molecule has 0 spiro atoms. The van der Waals surface area contributed by atoms with Crippen molar-refractivity contribution in [1.82, 2.24) is 15.3 Å². The fourth-order valence-corrected chi connectivity index (χ4v) is 2.81. The van der Waals surface area contributed by atoms with Crippen molar-refractivity contribution in [2.75, 3.05) is 30.4 Å². The number of anilines is 2. The molecule has 2 heterocycles. The Kier molecular flexibility index (Phi) is 3.94. The molecule has 114 valence electrons. The van der Waals surface area contributed by atoms with Crippen LogP contribution in [0.3, 0.4) is 0 Å². The van der Waals surface area contributed by atoms with E-state index in [1.807, 2.05) is 13.1 Å². The zero-order valence-electron chi connectivity index (χ0n) is 12.7. The summed E-state index contributed by atoms with van der Waals surface area (Å²) < 4.78 is 0. The minimum atomic E-state index is 0.0592. The van der Waals surface area contributed by atoms with Crippen molar-refractivity contribution in [2.45, 2.75) is 44.6 Å². The Bertz CT molecular complexity index is 521. The van der Waals surface area contributed by atoms with Crippen molar-refractivity contribution in [2.24, 2.45) is 0 Å². The first kappa shape index (κ1) is 14.1. The van der Waals surface area contributed by atoms with Gasteiger partial charge in [0.2, 0.25) is 5.91 Å². The highest BCUT2D eigenvalue weighted by Crippen LogP contribution is 2.39. The number of carbonyl (C=O) groups is 1. The first-order valence-electron chi connectivity index (χ1n) is 7.74. The second-order valence-electron chi connectivity index (χ2n) is 5.96. The number of nitrogens with zero attached hydrogens (tertiary/aromatic N) is 3. The minimum Gasteiger partial charge on any atom is -0.373 e. The van der Waals surface area contributed by atoms with Crippen molar-refractivity contribution < 1.29 is 4.79 Å². The molecule has 2 fully saturated rings. The van der Waals surface area contributed by atoms with Gasteiger partial charge in [-0.3, -0.25) is 4.79 Å². The van der Waals surface area contributed by atoms with Gasteiger partial charge in [-0.25, -0.2) is 9.97 Å². The third-order valence-corrected chi connectivity index (χ3v) is 4.15. The third kappa shape index (κ3) is 3.43. The lowest BCUT2D eigenvalue weighted by Crippen LogP contribution is -2.44. The Hall–Kier alpha value is -1.85. The van der Waals surface area contributed by atoms with Crippen LogP contribution in [0.2, 0.25) is 0 Å². The largest absolute Gasteiger partial charge is 0.373 e. The van der Waals surface area contributed by atoms with Crippen LogP contribution >= 0.6 is 0 Å². The lowest BCUT2D eigenvalue weighted by atomic mass is 10.1. The summed E-state index contributed by atoms with van der Waals surface area (Å²) in [7, 11) is 1.89. The minimum absolute atomic E-state index is 0.0592. The first-order chi connectivity index (χ1) is 10.2. The lowest BCUT2D eigenvalue weighted by molar-refractivity contribution is -0.119. The average Bonchev–Trinajstić information content (AvgIpc) is 3.31. The third-order valence-electron chi connectivity index (χ3n) is 4.15. The maximum absolute atomic E-state index is 11.1. The van der Waals surface area contributed by atoms with Crippen LogP contribution in [0.5, 0.6) is 0 Å². The van der Waals surface area contributed by atoms with Crippen LogP contribution in [0, 0.1) is 0 Å². The number of carbonyl (C=O) groups excluding carboxylic acids is 1. The van der Waals surface area contributed by atoms with Gasteiger partial charge in [0.25, 0.3) is 0 Å². The number of aromatic nitrogens is 2. The number of nitrogens with one attached hydrogen (secondary N) is 2. The molecule has 0 atom stereocenters. The quantitative estimate of drug-likeness (QED) is 0.879. The van der Waals surface area contributed by atoms with E-state index in [4.69, 9.17) is 4.98 Å². The van der Waals surface area contributed by atoms with Gasteiger partial charge in [-0.15, -0.1) is 0 Å². The summed E-state index contributed by atoms with van der Waals surface area (Å²) in [5.41, 5.74) is 0. The first-order valence-corrected chi connectivity index (χ1v) is 7.74. The molecule has 6 heteroatoms. The molecule has 1 aliphatic heterocycles. The molecule has 1 aliphatic carbocycles. The highest BCUT2D eigenvalue weighted by atomic mass is 16.1. The molecule has 3 rings (SSSR count). The zero-order valence-corrected chi connectivity index (χ0v) is 12.7. The average molecular weight is 289 g/mol. The van der Waals surface area contributed by atoms with Gasteiger partial charge >= 0.3 is 0 Å². The summed E-state index contributed by atoms with van der Waals surface area (Å²) in [6.07, 6.45) is 4.35. The van der Waals surface area contributed by atoms with Crippen LogP contribution < -0.4 is 15.5 Å². The Balaban J connectivity index is 1.69. The van der Waals surface area contributed by atoms with Crippen LogP contribution in [0.25, 0.3) is 0 Å². The van der Waals surface area contributed by atoms with Gasteiger partial charge in [-0.2, -0.15) is 0 Å². The van der Waals surface area contributed by atoms with Crippen molar-refractivity contribution in [3.05, 3.63) is 11.9 Å². The maximum atomic E-state index is 11.1. The lowest BCUT2D eigenvalue weighted by Gasteiger charge is -2.33. The molecule has 0 bridgehead atoms. The van der Waals surface area contributed by atoms with Crippen LogP contribution in [-0.4, -0.2) is 42.1 Å². The van der Waals surface area contributed by atoms with Crippen molar-refractivity contribution in [3.63, 3.8) is 0 Å². The van der Waals surface area contributed by atoms with E-state index in [9.17, 15) is 4.79 Å². The molecule has 1 aromatic rings. The molecule has 2 aliphatic rings. The molecular formula is C15H23N5O. The summed E-state index contributed by atoms with van der Waals surface area (Å²) >= 11 is 0. The zero-order chi connectivity index (χ0) is 14.8. The Morgan fingerprint density at radius 1 is 1.24 bits per heavy atom. The van der Waals surface area contributed by atoms with Crippen molar-refractivity contribution in [3.8, 4) is 0 Å². The molecular weight excluding hydrogens is 266 g/mol. The van der Waals surface area contributed by atoms with E-state index in [2.05, 4.69) is 20.5 Å². The fourth-order valence-electron chi connectivity index (χ4n) is 2.81. The highest BCUT2D eigenvalue weighted by Gasteiger charge is 2.28. The number of piperidine rings is 1. The molecule has 1 aromatic heterocycles. The summed E-state index contributed by atoms with van der Waals surface area (Å²) in [6.45, 7) is 3.43. The van der Waals surface area contributed by atoms with E-state index in [1.54, 1.807) is 6.92 Å². The smallest absolute Gasteiger partial charge is 0.217 e. The monoisotopic (exact) mass is 289 g/mol. The number of hydrogen-bond donors (Lipinski definition) is 2. The molecule has 0 aromatic carbocycles. The van der Waals surface area contributed by atoms with Crippen LogP contribution in [0.15, 0.2) is 6.07 Å². The van der Waals surface area contributed by atoms with Crippen LogP contribution in [0.4, 0.5) is 11.6 Å². The molecule has 21 heavy (non-hydrogen) atoms. The van der Waals surface area contributed by atoms with Gasteiger partial charge in [0.05, 0.1) is 0 Å². The Morgan fingerprint density at radius 2 is 1.95 bits per heavy atom. The van der Waals surface area contributed by atoms with Gasteiger partial charge in [0.1, 0.15) is 17.5 Å². The number of hydrogen-bond acceptors (Lipinski definition) is 5. The van der Waals surface area contributed by atoms with Crippen molar-refractivity contribution in [1.29, 1.82) is 0 Å². The summed E-state index contributed by atoms with van der Waals surface area (Å²) in [6, 6.07) is 2.32. The van der Waals surface area contributed by atoms with Crippen molar-refractivity contribution >= 4 is 17.5 Å². The van der Waals surface area contributed by atoms with Crippen LogP contribution in [0.1, 0.15) is 44.3 Å². The second kappa shape index (κ2) is 5.87. The van der Waals surface area contributed by atoms with E-state index in [-0.39, 0.29) is 5.91 Å². The molecule has 2 N–H and O–H groups in total. The number of rotatable bonds is 4. The van der Waals surface area contributed by atoms with Gasteiger partial charge in [-0.1, -0.05) is 0 Å². The predicted octanol–water partition coefficient (Wildman–Crippen LogP) is 1.50.